The molecular weight excluding hydrogens is 178 g/mol. The Morgan fingerprint density at radius 2 is 1.93 bits per heavy atom. The van der Waals surface area contributed by atoms with Crippen LogP contribution in [-0.4, -0.2) is 41.4 Å². The third-order valence-electron chi connectivity index (χ3n) is 2.70. The second-order valence-corrected chi connectivity index (χ2v) is 3.71. The number of likely N-dealkylation sites (N-methyl/N-ethyl adjacent to an activating group) is 1. The van der Waals surface area contributed by atoms with Gasteiger partial charge >= 0.3 is 0 Å². The van der Waals surface area contributed by atoms with E-state index in [2.05, 4.69) is 25.4 Å². The highest BCUT2D eigenvalue weighted by molar-refractivity contribution is 5.31. The highest BCUT2D eigenvalue weighted by atomic mass is 15.3. The Labute approximate surface area is 83.6 Å². The number of hydrogen-bond acceptors (Lipinski definition) is 5. The Bertz CT molecular complexity index is 334. The average molecular weight is 193 g/mol. The van der Waals surface area contributed by atoms with Gasteiger partial charge in [-0.25, -0.2) is 4.98 Å². The topological polar surface area (TPSA) is 53.9 Å². The van der Waals surface area contributed by atoms with Gasteiger partial charge in [0.05, 0.1) is 17.4 Å². The van der Waals surface area contributed by atoms with Gasteiger partial charge in [0.25, 0.3) is 0 Å². The van der Waals surface area contributed by atoms with Crippen LogP contribution in [0.3, 0.4) is 0 Å². The van der Waals surface area contributed by atoms with Crippen molar-refractivity contribution in [3.63, 3.8) is 0 Å². The summed E-state index contributed by atoms with van der Waals surface area (Å²) in [6.45, 7) is 5.89. The first kappa shape index (κ1) is 9.33. The minimum atomic E-state index is 0.513. The van der Waals surface area contributed by atoms with Crippen LogP contribution in [0.2, 0.25) is 0 Å². The smallest absolute Gasteiger partial charge is 0.245 e. The number of hydrogen-bond donors (Lipinski definition) is 1. The Morgan fingerprint density at radius 3 is 2.43 bits per heavy atom. The van der Waals surface area contributed by atoms with Crippen molar-refractivity contribution in [1.29, 1.82) is 0 Å². The molecule has 0 amide bonds. The summed E-state index contributed by atoms with van der Waals surface area (Å²) in [6, 6.07) is 0.513. The predicted octanol–water partition coefficient (Wildman–Crippen LogP) is -0.104. The van der Waals surface area contributed by atoms with Crippen molar-refractivity contribution < 1.29 is 0 Å². The van der Waals surface area contributed by atoms with Crippen LogP contribution >= 0.6 is 0 Å². The summed E-state index contributed by atoms with van der Waals surface area (Å²) in [6.07, 6.45) is 0. The maximum absolute atomic E-state index is 4.40. The lowest BCUT2D eigenvalue weighted by atomic mass is 10.1. The molecule has 0 aliphatic carbocycles. The lowest BCUT2D eigenvalue weighted by Crippen LogP contribution is -2.56. The van der Waals surface area contributed by atoms with Gasteiger partial charge in [0.1, 0.15) is 0 Å². The van der Waals surface area contributed by atoms with E-state index in [1.54, 1.807) is 0 Å². The zero-order chi connectivity index (χ0) is 10.1. The molecule has 14 heavy (non-hydrogen) atoms. The van der Waals surface area contributed by atoms with Crippen LogP contribution in [0.15, 0.2) is 0 Å². The van der Waals surface area contributed by atoms with Gasteiger partial charge in [0.15, 0.2) is 0 Å². The van der Waals surface area contributed by atoms with Crippen LogP contribution in [0.1, 0.15) is 11.4 Å². The Morgan fingerprint density at radius 1 is 1.21 bits per heavy atom. The van der Waals surface area contributed by atoms with Gasteiger partial charge in [-0.15, -0.1) is 5.10 Å². The number of rotatable bonds is 2. The summed E-state index contributed by atoms with van der Waals surface area (Å²) < 4.78 is 0. The molecule has 2 rings (SSSR count). The van der Waals surface area contributed by atoms with E-state index in [4.69, 9.17) is 0 Å². The van der Waals surface area contributed by atoms with Gasteiger partial charge in [-0.2, -0.15) is 5.10 Å². The second-order valence-electron chi connectivity index (χ2n) is 3.71. The predicted molar refractivity (Wildman–Crippen MR) is 54.4 cm³/mol. The number of aromatic nitrogens is 3. The maximum atomic E-state index is 4.40. The van der Waals surface area contributed by atoms with E-state index in [0.717, 1.165) is 30.4 Å². The molecule has 5 heteroatoms. The maximum Gasteiger partial charge on any atom is 0.245 e. The van der Waals surface area contributed by atoms with Crippen molar-refractivity contribution >= 4 is 5.95 Å². The molecular formula is C9H15N5. The summed E-state index contributed by atoms with van der Waals surface area (Å²) in [7, 11) is 2.01. The minimum Gasteiger partial charge on any atom is -0.337 e. The van der Waals surface area contributed by atoms with Crippen LogP contribution in [0.25, 0.3) is 0 Å². The molecule has 0 aromatic carbocycles. The minimum absolute atomic E-state index is 0.513. The number of nitrogens with zero attached hydrogens (tertiary/aromatic N) is 4. The Balaban J connectivity index is 2.18. The monoisotopic (exact) mass is 193 g/mol. The molecule has 1 aromatic heterocycles. The van der Waals surface area contributed by atoms with Gasteiger partial charge < -0.3 is 10.2 Å². The molecule has 1 aliphatic rings. The molecule has 0 radical (unpaired) electrons. The van der Waals surface area contributed by atoms with Crippen molar-refractivity contribution in [2.75, 3.05) is 25.0 Å². The van der Waals surface area contributed by atoms with Crippen molar-refractivity contribution in [3.8, 4) is 0 Å². The molecule has 0 unspecified atom stereocenters. The normalized spacial score (nSPS) is 16.5. The van der Waals surface area contributed by atoms with Crippen molar-refractivity contribution in [3.05, 3.63) is 11.4 Å². The Hall–Kier alpha value is -1.23. The quantitative estimate of drug-likeness (QED) is 0.710. The molecule has 1 aromatic rings. The number of anilines is 1. The molecule has 1 saturated heterocycles. The van der Waals surface area contributed by atoms with Crippen LogP contribution in [0, 0.1) is 13.8 Å². The molecule has 0 saturated carbocycles. The largest absolute Gasteiger partial charge is 0.337 e. The van der Waals surface area contributed by atoms with Crippen LogP contribution in [-0.2, 0) is 0 Å². The van der Waals surface area contributed by atoms with Gasteiger partial charge in [0.2, 0.25) is 5.95 Å². The molecule has 0 bridgehead atoms. The zero-order valence-corrected chi connectivity index (χ0v) is 8.78. The van der Waals surface area contributed by atoms with Crippen LogP contribution in [0.4, 0.5) is 5.95 Å². The summed E-state index contributed by atoms with van der Waals surface area (Å²) in [5, 5.41) is 11.4. The van der Waals surface area contributed by atoms with Gasteiger partial charge in [-0.1, -0.05) is 0 Å². The molecule has 1 N–H and O–H groups in total. The second kappa shape index (κ2) is 3.49. The fourth-order valence-corrected chi connectivity index (χ4v) is 1.31. The van der Waals surface area contributed by atoms with E-state index >= 15 is 0 Å². The fraction of sp³-hybridized carbons (Fsp3) is 0.667. The lowest BCUT2D eigenvalue weighted by Gasteiger charge is -2.35. The third kappa shape index (κ3) is 1.55. The number of aryl methyl sites for hydroxylation is 2. The van der Waals surface area contributed by atoms with Gasteiger partial charge in [0, 0.05) is 20.1 Å². The molecule has 5 nitrogen and oxygen atoms in total. The average Bonchev–Trinajstić information content (AvgIpc) is 2.06. The lowest BCUT2D eigenvalue weighted by molar-refractivity contribution is 0.423. The molecule has 0 atom stereocenters. The molecule has 1 aliphatic heterocycles. The van der Waals surface area contributed by atoms with Gasteiger partial charge in [-0.05, 0) is 13.8 Å². The SMILES string of the molecule is Cc1nnc(N(C)C2CNC2)nc1C. The zero-order valence-electron chi connectivity index (χ0n) is 8.78. The van der Waals surface area contributed by atoms with Gasteiger partial charge in [-0.3, -0.25) is 0 Å². The van der Waals surface area contributed by atoms with Crippen LogP contribution < -0.4 is 10.2 Å². The molecule has 2 heterocycles. The summed E-state index contributed by atoms with van der Waals surface area (Å²) in [4.78, 5) is 6.48. The van der Waals surface area contributed by atoms with Crippen molar-refractivity contribution in [1.82, 2.24) is 20.5 Å². The molecule has 1 fully saturated rings. The molecule has 76 valence electrons. The van der Waals surface area contributed by atoms with E-state index in [1.165, 1.54) is 0 Å². The third-order valence-corrected chi connectivity index (χ3v) is 2.70. The Kier molecular flexibility index (Phi) is 2.33. The summed E-state index contributed by atoms with van der Waals surface area (Å²) in [5.74, 6) is 0.722. The molecule has 0 spiro atoms. The van der Waals surface area contributed by atoms with Crippen molar-refractivity contribution in [2.45, 2.75) is 19.9 Å². The number of nitrogens with one attached hydrogen (secondary N) is 1. The first-order chi connectivity index (χ1) is 6.68. The standard InChI is InChI=1S/C9H15N5/c1-6-7(2)12-13-9(11-6)14(3)8-4-10-5-8/h8,10H,4-5H2,1-3H3. The fourth-order valence-electron chi connectivity index (χ4n) is 1.31. The van der Waals surface area contributed by atoms with E-state index < -0.39 is 0 Å². The first-order valence-electron chi connectivity index (χ1n) is 4.80. The summed E-state index contributed by atoms with van der Waals surface area (Å²) in [5.41, 5.74) is 1.85. The summed E-state index contributed by atoms with van der Waals surface area (Å²) >= 11 is 0. The van der Waals surface area contributed by atoms with Crippen molar-refractivity contribution in [2.24, 2.45) is 0 Å². The van der Waals surface area contributed by atoms with E-state index in [-0.39, 0.29) is 0 Å². The van der Waals surface area contributed by atoms with E-state index in [0.29, 0.717) is 6.04 Å². The van der Waals surface area contributed by atoms with E-state index in [1.807, 2.05) is 20.9 Å². The highest BCUT2D eigenvalue weighted by Gasteiger charge is 2.23. The van der Waals surface area contributed by atoms with E-state index in [9.17, 15) is 0 Å². The highest BCUT2D eigenvalue weighted by Crippen LogP contribution is 2.11. The van der Waals surface area contributed by atoms with Crippen LogP contribution in [0.5, 0.6) is 0 Å². The first-order valence-corrected chi connectivity index (χ1v) is 4.80.